The molecule has 2 amide bonds. The fourth-order valence-corrected chi connectivity index (χ4v) is 2.04. The van der Waals surface area contributed by atoms with Crippen molar-refractivity contribution in [2.45, 2.75) is 19.1 Å². The van der Waals surface area contributed by atoms with Crippen molar-refractivity contribution in [3.05, 3.63) is 35.4 Å². The number of hydrogen-bond donors (Lipinski definition) is 3. The lowest BCUT2D eigenvalue weighted by Crippen LogP contribution is -2.34. The zero-order valence-electron chi connectivity index (χ0n) is 11.7. The number of amides is 2. The van der Waals surface area contributed by atoms with Crippen molar-refractivity contribution in [3.63, 3.8) is 0 Å². The maximum Gasteiger partial charge on any atom is 0.251 e. The third-order valence-electron chi connectivity index (χ3n) is 2.81. The highest BCUT2D eigenvalue weighted by Crippen LogP contribution is 2.05. The number of aliphatic hydroxyl groups is 1. The first-order valence-corrected chi connectivity index (χ1v) is 7.73. The van der Waals surface area contributed by atoms with Crippen molar-refractivity contribution in [2.24, 2.45) is 0 Å². The number of nitrogens with one attached hydrogen (secondary N) is 2. The zero-order valence-corrected chi connectivity index (χ0v) is 12.5. The third kappa shape index (κ3) is 5.22. The monoisotopic (exact) mass is 296 g/mol. The molecule has 5 nitrogen and oxygen atoms in total. The number of aliphatic hydroxyl groups excluding tert-OH is 1. The van der Waals surface area contributed by atoms with Gasteiger partial charge in [0.25, 0.3) is 5.91 Å². The van der Waals surface area contributed by atoms with Gasteiger partial charge in [0.2, 0.25) is 5.91 Å². The van der Waals surface area contributed by atoms with Gasteiger partial charge in [0.1, 0.15) is 6.10 Å². The summed E-state index contributed by atoms with van der Waals surface area (Å²) in [6.45, 7) is 0.336. The van der Waals surface area contributed by atoms with E-state index in [0.717, 1.165) is 11.3 Å². The Morgan fingerprint density at radius 1 is 1.30 bits per heavy atom. The molecule has 0 aromatic heterocycles. The van der Waals surface area contributed by atoms with E-state index < -0.39 is 6.10 Å². The van der Waals surface area contributed by atoms with Crippen molar-refractivity contribution in [2.75, 3.05) is 19.1 Å². The lowest BCUT2D eigenvalue weighted by Gasteiger charge is -2.11. The van der Waals surface area contributed by atoms with E-state index in [0.29, 0.717) is 18.5 Å². The normalized spacial score (nSPS) is 11.8. The first kappa shape index (κ1) is 16.5. The second-order valence-electron chi connectivity index (χ2n) is 4.29. The smallest absolute Gasteiger partial charge is 0.251 e. The molecule has 0 spiro atoms. The van der Waals surface area contributed by atoms with Crippen molar-refractivity contribution in [1.29, 1.82) is 0 Å². The summed E-state index contributed by atoms with van der Waals surface area (Å²) in [4.78, 5) is 23.0. The van der Waals surface area contributed by atoms with Gasteiger partial charge in [0.05, 0.1) is 0 Å². The van der Waals surface area contributed by atoms with Crippen LogP contribution >= 0.6 is 11.8 Å². The van der Waals surface area contributed by atoms with Crippen LogP contribution in [0.5, 0.6) is 0 Å². The van der Waals surface area contributed by atoms with Crippen molar-refractivity contribution >= 4 is 23.6 Å². The molecule has 1 atom stereocenters. The molecule has 0 bridgehead atoms. The van der Waals surface area contributed by atoms with Gasteiger partial charge in [-0.3, -0.25) is 9.59 Å². The maximum absolute atomic E-state index is 11.6. The van der Waals surface area contributed by atoms with Crippen LogP contribution in [0.2, 0.25) is 0 Å². The number of hydrogen-bond acceptors (Lipinski definition) is 4. The van der Waals surface area contributed by atoms with Crippen LogP contribution < -0.4 is 10.6 Å². The minimum Gasteiger partial charge on any atom is -0.383 e. The van der Waals surface area contributed by atoms with E-state index in [4.69, 9.17) is 0 Å². The topological polar surface area (TPSA) is 78.4 Å². The molecule has 20 heavy (non-hydrogen) atoms. The van der Waals surface area contributed by atoms with E-state index in [1.54, 1.807) is 43.1 Å². The Labute approximate surface area is 123 Å². The first-order chi connectivity index (χ1) is 9.58. The van der Waals surface area contributed by atoms with E-state index in [2.05, 4.69) is 10.6 Å². The molecule has 6 heteroatoms. The molecule has 0 saturated carbocycles. The second kappa shape index (κ2) is 8.60. The minimum absolute atomic E-state index is 0.145. The number of carbonyl (C=O) groups is 2. The van der Waals surface area contributed by atoms with Crippen LogP contribution in [-0.2, 0) is 11.3 Å². The van der Waals surface area contributed by atoms with Crippen molar-refractivity contribution in [3.8, 4) is 0 Å². The van der Waals surface area contributed by atoms with Gasteiger partial charge < -0.3 is 15.7 Å². The molecule has 1 unspecified atom stereocenters. The zero-order chi connectivity index (χ0) is 15.0. The van der Waals surface area contributed by atoms with Gasteiger partial charge in [-0.25, -0.2) is 0 Å². The Balaban J connectivity index is 2.45. The predicted octanol–water partition coefficient (Wildman–Crippen LogP) is 0.776. The molecule has 0 saturated heterocycles. The average molecular weight is 296 g/mol. The van der Waals surface area contributed by atoms with E-state index in [-0.39, 0.29) is 11.8 Å². The van der Waals surface area contributed by atoms with Crippen LogP contribution in [0.3, 0.4) is 0 Å². The summed E-state index contributed by atoms with van der Waals surface area (Å²) in [5, 5.41) is 14.8. The van der Waals surface area contributed by atoms with Crippen LogP contribution in [0.15, 0.2) is 24.3 Å². The fourth-order valence-electron chi connectivity index (χ4n) is 1.59. The van der Waals surface area contributed by atoms with Crippen LogP contribution in [-0.4, -0.2) is 42.1 Å². The Hall–Kier alpha value is -1.53. The molecule has 0 aliphatic rings. The predicted molar refractivity (Wildman–Crippen MR) is 80.7 cm³/mol. The quantitative estimate of drug-likeness (QED) is 0.695. The molecule has 0 heterocycles. The van der Waals surface area contributed by atoms with Crippen molar-refractivity contribution in [1.82, 2.24) is 10.6 Å². The molecule has 0 fully saturated rings. The molecule has 0 aliphatic carbocycles. The summed E-state index contributed by atoms with van der Waals surface area (Å²) >= 11 is 1.59. The summed E-state index contributed by atoms with van der Waals surface area (Å²) in [7, 11) is 1.58. The molecule has 0 aliphatic heterocycles. The summed E-state index contributed by atoms with van der Waals surface area (Å²) < 4.78 is 0. The summed E-state index contributed by atoms with van der Waals surface area (Å²) in [5.74, 6) is 0.234. The number of thioether (sulfide) groups is 1. The summed E-state index contributed by atoms with van der Waals surface area (Å²) in [6, 6.07) is 6.95. The lowest BCUT2D eigenvalue weighted by molar-refractivity contribution is -0.129. The Bertz CT molecular complexity index is 448. The van der Waals surface area contributed by atoms with Crippen molar-refractivity contribution < 1.29 is 14.7 Å². The molecule has 110 valence electrons. The molecule has 1 aromatic carbocycles. The van der Waals surface area contributed by atoms with Gasteiger partial charge in [-0.05, 0) is 36.1 Å². The number of rotatable bonds is 7. The Kier molecular flexibility index (Phi) is 7.11. The van der Waals surface area contributed by atoms with Crippen LogP contribution in [0.1, 0.15) is 22.3 Å². The van der Waals surface area contributed by atoms with Crippen LogP contribution in [0.4, 0.5) is 0 Å². The molecule has 0 radical (unpaired) electrons. The highest BCUT2D eigenvalue weighted by atomic mass is 32.2. The highest BCUT2D eigenvalue weighted by molar-refractivity contribution is 7.98. The standard InChI is InChI=1S/C14H20N2O3S/c1-15-13(18)11-5-3-10(4-6-11)9-16-14(19)12(17)7-8-20-2/h3-6,12,17H,7-9H2,1-2H3,(H,15,18)(H,16,19). The molecular weight excluding hydrogens is 276 g/mol. The van der Waals surface area contributed by atoms with Gasteiger partial charge in [-0.15, -0.1) is 0 Å². The summed E-state index contributed by atoms with van der Waals surface area (Å²) in [5.41, 5.74) is 1.45. The summed E-state index contributed by atoms with van der Waals surface area (Å²) in [6.07, 6.45) is 1.41. The minimum atomic E-state index is -0.965. The van der Waals surface area contributed by atoms with E-state index >= 15 is 0 Å². The van der Waals surface area contributed by atoms with E-state index in [1.807, 2.05) is 6.26 Å². The molecule has 1 rings (SSSR count). The SMILES string of the molecule is CNC(=O)c1ccc(CNC(=O)C(O)CCSC)cc1. The first-order valence-electron chi connectivity index (χ1n) is 6.34. The largest absolute Gasteiger partial charge is 0.383 e. The van der Waals surface area contributed by atoms with Gasteiger partial charge in [0, 0.05) is 19.2 Å². The van der Waals surface area contributed by atoms with E-state index in [1.165, 1.54) is 0 Å². The Morgan fingerprint density at radius 3 is 2.50 bits per heavy atom. The Morgan fingerprint density at radius 2 is 1.95 bits per heavy atom. The van der Waals surface area contributed by atoms with Gasteiger partial charge in [-0.2, -0.15) is 11.8 Å². The fraction of sp³-hybridized carbons (Fsp3) is 0.429. The van der Waals surface area contributed by atoms with Gasteiger partial charge in [0.15, 0.2) is 0 Å². The lowest BCUT2D eigenvalue weighted by atomic mass is 10.1. The van der Waals surface area contributed by atoms with Gasteiger partial charge >= 0.3 is 0 Å². The molecule has 1 aromatic rings. The highest BCUT2D eigenvalue weighted by Gasteiger charge is 2.13. The number of benzene rings is 1. The van der Waals surface area contributed by atoms with Crippen LogP contribution in [0, 0.1) is 0 Å². The maximum atomic E-state index is 11.6. The van der Waals surface area contributed by atoms with E-state index in [9.17, 15) is 14.7 Å². The molecular formula is C14H20N2O3S. The average Bonchev–Trinajstić information content (AvgIpc) is 2.49. The van der Waals surface area contributed by atoms with Gasteiger partial charge in [-0.1, -0.05) is 12.1 Å². The third-order valence-corrected chi connectivity index (χ3v) is 3.45. The number of carbonyl (C=O) groups excluding carboxylic acids is 2. The molecule has 3 N–H and O–H groups in total. The van der Waals surface area contributed by atoms with Crippen LogP contribution in [0.25, 0.3) is 0 Å². The second-order valence-corrected chi connectivity index (χ2v) is 5.28.